The molecule has 9 heteroatoms. The number of morpholine rings is 1. The minimum atomic E-state index is -0.542. The zero-order valence-electron chi connectivity index (χ0n) is 22.3. The van der Waals surface area contributed by atoms with Gasteiger partial charge in [-0.25, -0.2) is 14.8 Å². The number of ether oxygens (including phenoxy) is 2. The van der Waals surface area contributed by atoms with Crippen LogP contribution in [-0.2, 0) is 16.0 Å². The van der Waals surface area contributed by atoms with Gasteiger partial charge in [0, 0.05) is 30.4 Å². The zero-order chi connectivity index (χ0) is 26.3. The van der Waals surface area contributed by atoms with E-state index < -0.39 is 5.60 Å². The minimum Gasteiger partial charge on any atom is -0.444 e. The molecule has 3 atom stereocenters. The number of anilines is 1. The van der Waals surface area contributed by atoms with Gasteiger partial charge in [0.1, 0.15) is 22.8 Å². The summed E-state index contributed by atoms with van der Waals surface area (Å²) in [7, 11) is 0. The van der Waals surface area contributed by atoms with E-state index in [2.05, 4.69) is 35.4 Å². The molecular weight excluding hydrogens is 490 g/mol. The van der Waals surface area contributed by atoms with Crippen molar-refractivity contribution in [3.8, 4) is 11.4 Å². The Bertz CT molecular complexity index is 1260. The van der Waals surface area contributed by atoms with Crippen molar-refractivity contribution in [2.24, 2.45) is 0 Å². The SMILES string of the molecule is C[C@H]1CC[C@H](C)N1c1ccc(-c2nc3c(Cl)cccc3n2C[C@@H]2CN(C(=O)OC(C)(C)C)CCO2)cn1. The Morgan fingerprint density at radius 1 is 1.16 bits per heavy atom. The van der Waals surface area contributed by atoms with Gasteiger partial charge in [-0.05, 0) is 71.7 Å². The molecule has 2 fully saturated rings. The summed E-state index contributed by atoms with van der Waals surface area (Å²) in [5, 5.41) is 0.599. The van der Waals surface area contributed by atoms with Crippen LogP contribution in [0.3, 0.4) is 0 Å². The monoisotopic (exact) mass is 525 g/mol. The summed E-state index contributed by atoms with van der Waals surface area (Å²) in [4.78, 5) is 26.6. The summed E-state index contributed by atoms with van der Waals surface area (Å²) in [6.07, 6.45) is 3.73. The molecule has 0 bridgehead atoms. The predicted molar refractivity (Wildman–Crippen MR) is 146 cm³/mol. The number of hydrogen-bond donors (Lipinski definition) is 0. The highest BCUT2D eigenvalue weighted by atomic mass is 35.5. The first kappa shape index (κ1) is 25.8. The molecule has 5 rings (SSSR count). The molecule has 0 unspecified atom stereocenters. The largest absolute Gasteiger partial charge is 0.444 e. The van der Waals surface area contributed by atoms with Crippen molar-refractivity contribution in [1.82, 2.24) is 19.4 Å². The summed E-state index contributed by atoms with van der Waals surface area (Å²) in [5.74, 6) is 1.77. The van der Waals surface area contributed by atoms with Crippen molar-refractivity contribution in [1.29, 1.82) is 0 Å². The average molecular weight is 526 g/mol. The second-order valence-electron chi connectivity index (χ2n) is 11.2. The summed E-state index contributed by atoms with van der Waals surface area (Å²) in [6.45, 7) is 12.1. The first-order chi connectivity index (χ1) is 17.6. The van der Waals surface area contributed by atoms with Crippen LogP contribution in [0.1, 0.15) is 47.5 Å². The normalized spacial score (nSPS) is 22.6. The zero-order valence-corrected chi connectivity index (χ0v) is 23.0. The Hall–Kier alpha value is -2.84. The number of carbonyl (C=O) groups is 1. The van der Waals surface area contributed by atoms with Crippen LogP contribution in [0.15, 0.2) is 36.5 Å². The maximum absolute atomic E-state index is 12.7. The van der Waals surface area contributed by atoms with Crippen LogP contribution < -0.4 is 4.90 Å². The van der Waals surface area contributed by atoms with E-state index in [0.29, 0.717) is 43.3 Å². The van der Waals surface area contributed by atoms with Gasteiger partial charge in [0.15, 0.2) is 0 Å². The van der Waals surface area contributed by atoms with Gasteiger partial charge in [-0.2, -0.15) is 0 Å². The molecule has 1 aromatic carbocycles. The van der Waals surface area contributed by atoms with Gasteiger partial charge in [0.25, 0.3) is 0 Å². The van der Waals surface area contributed by atoms with E-state index in [-0.39, 0.29) is 12.2 Å². The molecule has 0 radical (unpaired) electrons. The van der Waals surface area contributed by atoms with Crippen LogP contribution in [0.25, 0.3) is 22.4 Å². The number of aromatic nitrogens is 3. The molecule has 37 heavy (non-hydrogen) atoms. The first-order valence-electron chi connectivity index (χ1n) is 13.1. The third-order valence-corrected chi connectivity index (χ3v) is 7.43. The average Bonchev–Trinajstić information content (AvgIpc) is 3.38. The Morgan fingerprint density at radius 2 is 1.92 bits per heavy atom. The van der Waals surface area contributed by atoms with Crippen LogP contribution in [0.4, 0.5) is 10.6 Å². The van der Waals surface area contributed by atoms with E-state index in [1.807, 2.05) is 45.2 Å². The summed E-state index contributed by atoms with van der Waals surface area (Å²) < 4.78 is 13.8. The number of amides is 1. The lowest BCUT2D eigenvalue weighted by Gasteiger charge is -2.34. The van der Waals surface area contributed by atoms with Crippen molar-refractivity contribution in [2.75, 3.05) is 24.6 Å². The number of imidazole rings is 1. The van der Waals surface area contributed by atoms with Gasteiger partial charge < -0.3 is 23.8 Å². The minimum absolute atomic E-state index is 0.213. The van der Waals surface area contributed by atoms with Gasteiger partial charge in [-0.1, -0.05) is 17.7 Å². The fraction of sp³-hybridized carbons (Fsp3) is 0.536. The molecule has 0 N–H and O–H groups in total. The van der Waals surface area contributed by atoms with Gasteiger partial charge >= 0.3 is 6.09 Å². The third-order valence-electron chi connectivity index (χ3n) is 7.13. The van der Waals surface area contributed by atoms with Crippen LogP contribution >= 0.6 is 11.6 Å². The van der Waals surface area contributed by atoms with E-state index in [4.69, 9.17) is 31.0 Å². The third kappa shape index (κ3) is 5.41. The second-order valence-corrected chi connectivity index (χ2v) is 11.6. The molecule has 0 spiro atoms. The van der Waals surface area contributed by atoms with E-state index in [0.717, 1.165) is 28.2 Å². The molecule has 2 aliphatic rings. The summed E-state index contributed by atoms with van der Waals surface area (Å²) in [6, 6.07) is 10.9. The quantitative estimate of drug-likeness (QED) is 0.431. The Kier molecular flexibility index (Phi) is 7.07. The standard InChI is InChI=1S/C28H36ClN5O3/c1-18-9-10-19(2)34(18)24-12-11-20(15-30-24)26-31-25-22(29)7-6-8-23(25)33(26)17-21-16-32(13-14-36-21)27(35)37-28(3,4)5/h6-8,11-12,15,18-19,21H,9-10,13-14,16-17H2,1-5H3/t18-,19-,21-/m0/s1. The molecule has 2 aliphatic heterocycles. The van der Waals surface area contributed by atoms with E-state index in [1.165, 1.54) is 12.8 Å². The molecular formula is C28H36ClN5O3. The fourth-order valence-corrected chi connectivity index (χ4v) is 5.57. The molecule has 8 nitrogen and oxygen atoms in total. The van der Waals surface area contributed by atoms with Crippen LogP contribution in [0, 0.1) is 0 Å². The number of hydrogen-bond acceptors (Lipinski definition) is 6. The Balaban J connectivity index is 1.44. The van der Waals surface area contributed by atoms with Crippen LogP contribution in [0.5, 0.6) is 0 Å². The van der Waals surface area contributed by atoms with Gasteiger partial charge in [0.2, 0.25) is 0 Å². The molecule has 198 valence electrons. The van der Waals surface area contributed by atoms with E-state index in [9.17, 15) is 4.79 Å². The Labute approximate surface area is 223 Å². The smallest absolute Gasteiger partial charge is 0.410 e. The highest BCUT2D eigenvalue weighted by Gasteiger charge is 2.30. The van der Waals surface area contributed by atoms with Crippen LogP contribution in [-0.4, -0.2) is 69.0 Å². The lowest BCUT2D eigenvalue weighted by atomic mass is 10.2. The number of rotatable bonds is 4. The first-order valence-corrected chi connectivity index (χ1v) is 13.5. The van der Waals surface area contributed by atoms with Gasteiger partial charge in [-0.3, -0.25) is 0 Å². The Morgan fingerprint density at radius 3 is 2.59 bits per heavy atom. The van der Waals surface area contributed by atoms with Crippen LogP contribution in [0.2, 0.25) is 5.02 Å². The van der Waals surface area contributed by atoms with E-state index in [1.54, 1.807) is 4.90 Å². The van der Waals surface area contributed by atoms with Gasteiger partial charge in [0.05, 0.1) is 36.3 Å². The highest BCUT2D eigenvalue weighted by Crippen LogP contribution is 2.33. The number of pyridine rings is 1. The van der Waals surface area contributed by atoms with Crippen molar-refractivity contribution in [2.45, 2.75) is 77.8 Å². The maximum Gasteiger partial charge on any atom is 0.410 e. The number of halogens is 1. The number of para-hydroxylation sites is 1. The fourth-order valence-electron chi connectivity index (χ4n) is 5.36. The topological polar surface area (TPSA) is 72.7 Å². The predicted octanol–water partition coefficient (Wildman–Crippen LogP) is 5.76. The lowest BCUT2D eigenvalue weighted by Crippen LogP contribution is -2.48. The van der Waals surface area contributed by atoms with Crippen molar-refractivity contribution < 1.29 is 14.3 Å². The number of carbonyl (C=O) groups excluding carboxylic acids is 1. The molecule has 0 saturated carbocycles. The number of benzene rings is 1. The molecule has 0 aliphatic carbocycles. The molecule has 2 aromatic heterocycles. The van der Waals surface area contributed by atoms with Gasteiger partial charge in [-0.15, -0.1) is 0 Å². The summed E-state index contributed by atoms with van der Waals surface area (Å²) in [5.41, 5.74) is 2.03. The van der Waals surface area contributed by atoms with Crippen molar-refractivity contribution in [3.05, 3.63) is 41.6 Å². The van der Waals surface area contributed by atoms with Crippen molar-refractivity contribution >= 4 is 34.5 Å². The highest BCUT2D eigenvalue weighted by molar-refractivity contribution is 6.35. The molecule has 2 saturated heterocycles. The maximum atomic E-state index is 12.7. The number of nitrogens with zero attached hydrogens (tertiary/aromatic N) is 5. The number of fused-ring (bicyclic) bond motifs is 1. The summed E-state index contributed by atoms with van der Waals surface area (Å²) >= 11 is 6.54. The lowest BCUT2D eigenvalue weighted by molar-refractivity contribution is -0.0468. The molecule has 3 aromatic rings. The molecule has 1 amide bonds. The van der Waals surface area contributed by atoms with E-state index >= 15 is 0 Å². The van der Waals surface area contributed by atoms with Crippen molar-refractivity contribution in [3.63, 3.8) is 0 Å². The molecule has 4 heterocycles. The second kappa shape index (κ2) is 10.1.